The fourth-order valence-electron chi connectivity index (χ4n) is 3.66. The second-order valence-corrected chi connectivity index (χ2v) is 7.10. The number of carbonyl (C=O) groups excluding carboxylic acids is 2. The van der Waals surface area contributed by atoms with Gasteiger partial charge in [0.1, 0.15) is 12.1 Å². The molecular formula is C18H22ClN3O4. The van der Waals surface area contributed by atoms with Gasteiger partial charge in [-0.25, -0.2) is 4.79 Å². The third-order valence-electron chi connectivity index (χ3n) is 5.00. The van der Waals surface area contributed by atoms with E-state index in [2.05, 4.69) is 5.32 Å². The van der Waals surface area contributed by atoms with Crippen LogP contribution in [0, 0.1) is 0 Å². The van der Waals surface area contributed by atoms with Gasteiger partial charge in [-0.2, -0.15) is 0 Å². The van der Waals surface area contributed by atoms with Crippen molar-refractivity contribution in [2.75, 3.05) is 13.1 Å². The van der Waals surface area contributed by atoms with E-state index >= 15 is 0 Å². The summed E-state index contributed by atoms with van der Waals surface area (Å²) in [6.07, 6.45) is 1.44. The van der Waals surface area contributed by atoms with Crippen LogP contribution in [-0.2, 0) is 16.1 Å². The van der Waals surface area contributed by atoms with Gasteiger partial charge < -0.3 is 15.3 Å². The predicted molar refractivity (Wildman–Crippen MR) is 95.8 cm³/mol. The molecule has 1 aromatic carbocycles. The minimum atomic E-state index is -1.08. The van der Waals surface area contributed by atoms with Crippen LogP contribution in [0.15, 0.2) is 24.3 Å². The number of hydrogen-bond acceptors (Lipinski definition) is 3. The van der Waals surface area contributed by atoms with Crippen LogP contribution < -0.4 is 5.32 Å². The van der Waals surface area contributed by atoms with Crippen molar-refractivity contribution in [1.29, 1.82) is 0 Å². The lowest BCUT2D eigenvalue weighted by Gasteiger charge is -2.29. The Labute approximate surface area is 156 Å². The Morgan fingerprint density at radius 2 is 1.65 bits per heavy atom. The first-order valence-corrected chi connectivity index (χ1v) is 9.17. The largest absolute Gasteiger partial charge is 0.465 e. The van der Waals surface area contributed by atoms with Crippen molar-refractivity contribution in [1.82, 2.24) is 15.1 Å². The molecule has 26 heavy (non-hydrogen) atoms. The molecule has 2 saturated heterocycles. The molecule has 0 aromatic heterocycles. The number of amides is 3. The molecule has 2 aliphatic heterocycles. The van der Waals surface area contributed by atoms with Crippen LogP contribution >= 0.6 is 11.6 Å². The van der Waals surface area contributed by atoms with E-state index in [-0.39, 0.29) is 11.8 Å². The van der Waals surface area contributed by atoms with E-state index in [1.807, 2.05) is 12.1 Å². The number of rotatable bonds is 4. The van der Waals surface area contributed by atoms with Gasteiger partial charge in [-0.1, -0.05) is 23.7 Å². The summed E-state index contributed by atoms with van der Waals surface area (Å²) in [5.41, 5.74) is 0.923. The minimum absolute atomic E-state index is 0.203. The number of hydrogen-bond donors (Lipinski definition) is 2. The number of benzene rings is 1. The van der Waals surface area contributed by atoms with Gasteiger partial charge in [-0.05, 0) is 43.4 Å². The van der Waals surface area contributed by atoms with Crippen LogP contribution in [0.1, 0.15) is 31.2 Å². The molecule has 2 fully saturated rings. The van der Waals surface area contributed by atoms with E-state index in [1.54, 1.807) is 17.0 Å². The van der Waals surface area contributed by atoms with Crippen LogP contribution in [0.3, 0.4) is 0 Å². The highest BCUT2D eigenvalue weighted by Crippen LogP contribution is 2.25. The zero-order chi connectivity index (χ0) is 18.7. The maximum atomic E-state index is 12.8. The second-order valence-electron chi connectivity index (χ2n) is 6.67. The van der Waals surface area contributed by atoms with Crippen molar-refractivity contribution in [2.24, 2.45) is 0 Å². The van der Waals surface area contributed by atoms with Crippen LogP contribution in [0.25, 0.3) is 0 Å². The van der Waals surface area contributed by atoms with Crippen molar-refractivity contribution in [3.63, 3.8) is 0 Å². The normalized spacial score (nSPS) is 22.5. The summed E-state index contributed by atoms with van der Waals surface area (Å²) in [5, 5.41) is 12.7. The van der Waals surface area contributed by atoms with Crippen LogP contribution in [0.4, 0.5) is 4.79 Å². The van der Waals surface area contributed by atoms with E-state index in [4.69, 9.17) is 11.6 Å². The van der Waals surface area contributed by atoms with Crippen LogP contribution in [-0.4, -0.2) is 58.0 Å². The first-order valence-electron chi connectivity index (χ1n) is 8.79. The summed E-state index contributed by atoms with van der Waals surface area (Å²) in [4.78, 5) is 39.4. The van der Waals surface area contributed by atoms with Gasteiger partial charge in [0.25, 0.3) is 0 Å². The Morgan fingerprint density at radius 3 is 2.31 bits per heavy atom. The maximum absolute atomic E-state index is 12.8. The molecule has 2 N–H and O–H groups in total. The minimum Gasteiger partial charge on any atom is -0.465 e. The molecule has 0 aliphatic carbocycles. The lowest BCUT2D eigenvalue weighted by Crippen LogP contribution is -2.52. The monoisotopic (exact) mass is 379 g/mol. The number of halogens is 1. The quantitative estimate of drug-likeness (QED) is 0.838. The average Bonchev–Trinajstić information content (AvgIpc) is 3.29. The van der Waals surface area contributed by atoms with E-state index < -0.39 is 18.2 Å². The topological polar surface area (TPSA) is 90.0 Å². The molecule has 7 nitrogen and oxygen atoms in total. The predicted octanol–water partition coefficient (Wildman–Crippen LogP) is 2.09. The molecule has 0 spiro atoms. The SMILES string of the molecule is O=C(NCc1ccc(Cl)cc1)[C@@H]1CCCN1C(=O)C1CCCN1C(=O)O. The Morgan fingerprint density at radius 1 is 1.04 bits per heavy atom. The first kappa shape index (κ1) is 18.5. The van der Waals surface area contributed by atoms with Gasteiger partial charge in [0.2, 0.25) is 11.8 Å². The van der Waals surface area contributed by atoms with E-state index in [0.717, 1.165) is 12.0 Å². The molecule has 3 amide bonds. The molecule has 0 saturated carbocycles. The Hall–Kier alpha value is -2.28. The van der Waals surface area contributed by atoms with Crippen LogP contribution in [0.5, 0.6) is 0 Å². The average molecular weight is 380 g/mol. The lowest BCUT2D eigenvalue weighted by molar-refractivity contribution is -0.141. The molecule has 140 valence electrons. The first-order chi connectivity index (χ1) is 12.5. The fourth-order valence-corrected chi connectivity index (χ4v) is 3.78. The number of likely N-dealkylation sites (tertiary alicyclic amines) is 2. The Balaban J connectivity index is 1.61. The maximum Gasteiger partial charge on any atom is 0.407 e. The summed E-state index contributed by atoms with van der Waals surface area (Å²) >= 11 is 5.85. The van der Waals surface area contributed by atoms with Crippen molar-refractivity contribution in [3.8, 4) is 0 Å². The van der Waals surface area contributed by atoms with Gasteiger partial charge in [-0.3, -0.25) is 14.5 Å². The smallest absolute Gasteiger partial charge is 0.407 e. The molecular weight excluding hydrogens is 358 g/mol. The van der Waals surface area contributed by atoms with E-state index in [0.29, 0.717) is 43.9 Å². The summed E-state index contributed by atoms with van der Waals surface area (Å²) in [5.74, 6) is -0.459. The molecule has 2 atom stereocenters. The third-order valence-corrected chi connectivity index (χ3v) is 5.25. The molecule has 8 heteroatoms. The summed E-state index contributed by atoms with van der Waals surface area (Å²) < 4.78 is 0. The fraction of sp³-hybridized carbons (Fsp3) is 0.500. The molecule has 0 radical (unpaired) electrons. The van der Waals surface area contributed by atoms with E-state index in [1.165, 1.54) is 4.90 Å². The van der Waals surface area contributed by atoms with Crippen molar-refractivity contribution < 1.29 is 19.5 Å². The number of nitrogens with zero attached hydrogens (tertiary/aromatic N) is 2. The number of carboxylic acid groups (broad SMARTS) is 1. The summed E-state index contributed by atoms with van der Waals surface area (Å²) in [6.45, 7) is 1.22. The standard InChI is InChI=1S/C18H22ClN3O4/c19-13-7-5-12(6-8-13)11-20-16(23)14-3-1-9-21(14)17(24)15-4-2-10-22(15)18(25)26/h5-8,14-15H,1-4,9-11H2,(H,20,23)(H,25,26)/t14-,15?/m0/s1. The van der Waals surface area contributed by atoms with Crippen LogP contribution in [0.2, 0.25) is 5.02 Å². The summed E-state index contributed by atoms with van der Waals surface area (Å²) in [6, 6.07) is 5.99. The molecule has 0 bridgehead atoms. The highest BCUT2D eigenvalue weighted by Gasteiger charge is 2.42. The summed E-state index contributed by atoms with van der Waals surface area (Å²) in [7, 11) is 0. The zero-order valence-electron chi connectivity index (χ0n) is 14.4. The lowest BCUT2D eigenvalue weighted by atomic mass is 10.1. The molecule has 1 unspecified atom stereocenters. The van der Waals surface area contributed by atoms with Crippen molar-refractivity contribution in [3.05, 3.63) is 34.9 Å². The molecule has 3 rings (SSSR count). The highest BCUT2D eigenvalue weighted by molar-refractivity contribution is 6.30. The molecule has 2 aliphatic rings. The number of carbonyl (C=O) groups is 3. The van der Waals surface area contributed by atoms with E-state index in [9.17, 15) is 19.5 Å². The Kier molecular flexibility index (Phi) is 5.66. The van der Waals surface area contributed by atoms with Gasteiger partial charge in [0.15, 0.2) is 0 Å². The highest BCUT2D eigenvalue weighted by atomic mass is 35.5. The van der Waals surface area contributed by atoms with Gasteiger partial charge in [0, 0.05) is 24.7 Å². The molecule has 1 aromatic rings. The van der Waals surface area contributed by atoms with Gasteiger partial charge in [0.05, 0.1) is 0 Å². The molecule has 2 heterocycles. The third kappa shape index (κ3) is 3.93. The Bertz CT molecular complexity index is 694. The zero-order valence-corrected chi connectivity index (χ0v) is 15.1. The van der Waals surface area contributed by atoms with Crippen molar-refractivity contribution >= 4 is 29.5 Å². The van der Waals surface area contributed by atoms with Gasteiger partial charge in [-0.15, -0.1) is 0 Å². The van der Waals surface area contributed by atoms with Crippen molar-refractivity contribution in [2.45, 2.75) is 44.3 Å². The van der Waals surface area contributed by atoms with Gasteiger partial charge >= 0.3 is 6.09 Å². The second kappa shape index (κ2) is 7.95. The number of nitrogens with one attached hydrogen (secondary N) is 1.